The predicted octanol–water partition coefficient (Wildman–Crippen LogP) is 2.89. The number of aromatic amines is 1. The van der Waals surface area contributed by atoms with E-state index in [0.717, 1.165) is 16.8 Å². The highest BCUT2D eigenvalue weighted by atomic mass is 16.5. The number of carbonyl (C=O) groups excluding carboxylic acids is 1. The smallest absolute Gasteiger partial charge is 0.311 e. The van der Waals surface area contributed by atoms with Crippen LogP contribution < -0.4 is 0 Å². The van der Waals surface area contributed by atoms with E-state index in [1.54, 1.807) is 0 Å². The third kappa shape index (κ3) is 2.18. The largest absolute Gasteiger partial charge is 0.466 e. The molecule has 0 radical (unpaired) electrons. The van der Waals surface area contributed by atoms with Crippen LogP contribution in [-0.2, 0) is 16.0 Å². The molecule has 0 amide bonds. The number of H-pyrrole nitrogens is 1. The predicted molar refractivity (Wildman–Crippen MR) is 68.1 cm³/mol. The molecule has 3 nitrogen and oxygen atoms in total. The van der Waals surface area contributed by atoms with Crippen molar-refractivity contribution < 1.29 is 9.53 Å². The van der Waals surface area contributed by atoms with Gasteiger partial charge in [-0.2, -0.15) is 0 Å². The Kier molecular flexibility index (Phi) is 3.18. The van der Waals surface area contributed by atoms with Crippen LogP contribution >= 0.6 is 0 Å². The Morgan fingerprint density at radius 2 is 2.12 bits per heavy atom. The van der Waals surface area contributed by atoms with Crippen molar-refractivity contribution >= 4 is 16.9 Å². The van der Waals surface area contributed by atoms with Crippen LogP contribution in [0.1, 0.15) is 23.7 Å². The van der Waals surface area contributed by atoms with Crippen molar-refractivity contribution in [2.75, 3.05) is 6.61 Å². The molecular weight excluding hydrogens is 214 g/mol. The Morgan fingerprint density at radius 3 is 2.76 bits per heavy atom. The zero-order valence-electron chi connectivity index (χ0n) is 10.5. The fourth-order valence-corrected chi connectivity index (χ4v) is 2.09. The summed E-state index contributed by atoms with van der Waals surface area (Å²) in [5.41, 5.74) is 4.40. The average Bonchev–Trinajstić information content (AvgIpc) is 2.59. The summed E-state index contributed by atoms with van der Waals surface area (Å²) in [6, 6.07) is 6.17. The molecule has 1 heterocycles. The van der Waals surface area contributed by atoms with Gasteiger partial charge in [0.1, 0.15) is 0 Å². The second-order valence-electron chi connectivity index (χ2n) is 4.21. The number of hydrogen-bond donors (Lipinski definition) is 1. The lowest BCUT2D eigenvalue weighted by Gasteiger charge is -2.00. The maximum atomic E-state index is 11.5. The van der Waals surface area contributed by atoms with Crippen molar-refractivity contribution in [2.45, 2.75) is 27.2 Å². The molecule has 1 aromatic carbocycles. The van der Waals surface area contributed by atoms with Gasteiger partial charge in [0.15, 0.2) is 0 Å². The van der Waals surface area contributed by atoms with Crippen LogP contribution in [0.15, 0.2) is 18.2 Å². The van der Waals surface area contributed by atoms with E-state index in [9.17, 15) is 4.79 Å². The molecule has 17 heavy (non-hydrogen) atoms. The lowest BCUT2D eigenvalue weighted by atomic mass is 10.1. The van der Waals surface area contributed by atoms with Crippen LogP contribution in [0.3, 0.4) is 0 Å². The topological polar surface area (TPSA) is 42.1 Å². The minimum absolute atomic E-state index is 0.181. The maximum absolute atomic E-state index is 11.5. The third-order valence-electron chi connectivity index (χ3n) is 3.03. The highest BCUT2D eigenvalue weighted by molar-refractivity contribution is 5.88. The van der Waals surface area contributed by atoms with Gasteiger partial charge in [0.2, 0.25) is 0 Å². The number of hydrogen-bond acceptors (Lipinski definition) is 2. The zero-order chi connectivity index (χ0) is 12.4. The number of ether oxygens (including phenoxy) is 1. The average molecular weight is 231 g/mol. The zero-order valence-corrected chi connectivity index (χ0v) is 10.5. The van der Waals surface area contributed by atoms with Gasteiger partial charge in [-0.05, 0) is 31.9 Å². The van der Waals surface area contributed by atoms with E-state index in [1.807, 2.05) is 19.9 Å². The Bertz CT molecular complexity index is 555. The third-order valence-corrected chi connectivity index (χ3v) is 3.03. The van der Waals surface area contributed by atoms with Gasteiger partial charge in [0.25, 0.3) is 0 Å². The standard InChI is InChI=1S/C14H17NO2/c1-4-17-13(16)8-12-10(3)11-7-5-6-9(2)14(11)15-12/h5-7,15H,4,8H2,1-3H3. The molecule has 3 heteroatoms. The van der Waals surface area contributed by atoms with E-state index in [2.05, 4.69) is 24.0 Å². The van der Waals surface area contributed by atoms with Crippen molar-refractivity contribution in [3.63, 3.8) is 0 Å². The summed E-state index contributed by atoms with van der Waals surface area (Å²) in [6.07, 6.45) is 0.313. The van der Waals surface area contributed by atoms with Gasteiger partial charge < -0.3 is 9.72 Å². The lowest BCUT2D eigenvalue weighted by molar-refractivity contribution is -0.142. The van der Waals surface area contributed by atoms with Crippen molar-refractivity contribution in [3.05, 3.63) is 35.0 Å². The van der Waals surface area contributed by atoms with Gasteiger partial charge >= 0.3 is 5.97 Å². The van der Waals surface area contributed by atoms with Crippen LogP contribution in [-0.4, -0.2) is 17.6 Å². The summed E-state index contributed by atoms with van der Waals surface area (Å²) in [7, 11) is 0. The molecule has 0 atom stereocenters. The number of aryl methyl sites for hydroxylation is 2. The first-order valence-electron chi connectivity index (χ1n) is 5.86. The van der Waals surface area contributed by atoms with Gasteiger partial charge in [-0.15, -0.1) is 0 Å². The van der Waals surface area contributed by atoms with E-state index in [0.29, 0.717) is 13.0 Å². The van der Waals surface area contributed by atoms with E-state index in [4.69, 9.17) is 4.74 Å². The highest BCUT2D eigenvalue weighted by Crippen LogP contribution is 2.24. The van der Waals surface area contributed by atoms with E-state index in [1.165, 1.54) is 10.9 Å². The molecule has 1 N–H and O–H groups in total. The highest BCUT2D eigenvalue weighted by Gasteiger charge is 2.12. The molecule has 0 saturated carbocycles. The second kappa shape index (κ2) is 4.62. The Morgan fingerprint density at radius 1 is 1.35 bits per heavy atom. The number of rotatable bonds is 3. The van der Waals surface area contributed by atoms with Gasteiger partial charge in [0, 0.05) is 16.6 Å². The van der Waals surface area contributed by atoms with E-state index in [-0.39, 0.29) is 5.97 Å². The number of benzene rings is 1. The molecule has 0 aliphatic rings. The van der Waals surface area contributed by atoms with Crippen molar-refractivity contribution in [2.24, 2.45) is 0 Å². The van der Waals surface area contributed by atoms with Crippen LogP contribution in [0.25, 0.3) is 10.9 Å². The summed E-state index contributed by atoms with van der Waals surface area (Å²) >= 11 is 0. The summed E-state index contributed by atoms with van der Waals surface area (Å²) in [5.74, 6) is -0.181. The molecular formula is C14H17NO2. The van der Waals surface area contributed by atoms with Crippen LogP contribution in [0.2, 0.25) is 0 Å². The first-order valence-corrected chi connectivity index (χ1v) is 5.86. The van der Waals surface area contributed by atoms with Gasteiger partial charge in [0.05, 0.1) is 13.0 Å². The Balaban J connectivity index is 2.39. The van der Waals surface area contributed by atoms with Crippen molar-refractivity contribution in [1.82, 2.24) is 4.98 Å². The molecule has 2 rings (SSSR count). The number of para-hydroxylation sites is 1. The fourth-order valence-electron chi connectivity index (χ4n) is 2.09. The summed E-state index contributed by atoms with van der Waals surface area (Å²) < 4.78 is 4.97. The summed E-state index contributed by atoms with van der Waals surface area (Å²) in [4.78, 5) is 14.8. The number of carbonyl (C=O) groups is 1. The van der Waals surface area contributed by atoms with Gasteiger partial charge in [-0.1, -0.05) is 18.2 Å². The minimum Gasteiger partial charge on any atom is -0.466 e. The molecule has 0 spiro atoms. The van der Waals surface area contributed by atoms with Crippen molar-refractivity contribution in [3.8, 4) is 0 Å². The molecule has 0 unspecified atom stereocenters. The number of nitrogens with one attached hydrogen (secondary N) is 1. The van der Waals surface area contributed by atoms with Gasteiger partial charge in [-0.3, -0.25) is 4.79 Å². The molecule has 0 bridgehead atoms. The van der Waals surface area contributed by atoms with E-state index >= 15 is 0 Å². The van der Waals surface area contributed by atoms with Crippen molar-refractivity contribution in [1.29, 1.82) is 0 Å². The van der Waals surface area contributed by atoms with Crippen LogP contribution in [0.5, 0.6) is 0 Å². The maximum Gasteiger partial charge on any atom is 0.311 e. The number of esters is 1. The first kappa shape index (κ1) is 11.7. The number of fused-ring (bicyclic) bond motifs is 1. The van der Waals surface area contributed by atoms with Crippen LogP contribution in [0, 0.1) is 13.8 Å². The fraction of sp³-hybridized carbons (Fsp3) is 0.357. The molecule has 0 aliphatic heterocycles. The molecule has 0 fully saturated rings. The van der Waals surface area contributed by atoms with Crippen LogP contribution in [0.4, 0.5) is 0 Å². The van der Waals surface area contributed by atoms with Gasteiger partial charge in [-0.25, -0.2) is 0 Å². The molecule has 0 saturated heterocycles. The molecule has 2 aromatic rings. The quantitative estimate of drug-likeness (QED) is 0.825. The molecule has 0 aliphatic carbocycles. The summed E-state index contributed by atoms with van der Waals surface area (Å²) in [6.45, 7) is 6.34. The number of aromatic nitrogens is 1. The summed E-state index contributed by atoms with van der Waals surface area (Å²) in [5, 5.41) is 1.18. The Labute approximate surface area is 101 Å². The molecule has 1 aromatic heterocycles. The van der Waals surface area contributed by atoms with E-state index < -0.39 is 0 Å². The minimum atomic E-state index is -0.181. The molecule has 90 valence electrons. The SMILES string of the molecule is CCOC(=O)Cc1[nH]c2c(C)cccc2c1C. The Hall–Kier alpha value is -1.77. The second-order valence-corrected chi connectivity index (χ2v) is 4.21. The normalized spacial score (nSPS) is 10.8. The lowest BCUT2D eigenvalue weighted by Crippen LogP contribution is -2.08. The first-order chi connectivity index (χ1) is 8.13. The monoisotopic (exact) mass is 231 g/mol.